The summed E-state index contributed by atoms with van der Waals surface area (Å²) in [7, 11) is 1.49. The number of cyclic esters (lactones) is 1. The van der Waals surface area contributed by atoms with Gasteiger partial charge in [0, 0.05) is 30.4 Å². The predicted octanol–water partition coefficient (Wildman–Crippen LogP) is 7.15. The molecule has 3 heterocycles. The fourth-order valence-electron chi connectivity index (χ4n) is 6.12. The van der Waals surface area contributed by atoms with Gasteiger partial charge in [0.15, 0.2) is 0 Å². The Balaban J connectivity index is 1.36. The third-order valence-electron chi connectivity index (χ3n) is 8.97. The summed E-state index contributed by atoms with van der Waals surface area (Å²) in [5, 5.41) is 0. The van der Waals surface area contributed by atoms with E-state index in [0.717, 1.165) is 25.1 Å². The van der Waals surface area contributed by atoms with Crippen LogP contribution in [0.15, 0.2) is 42.6 Å². The summed E-state index contributed by atoms with van der Waals surface area (Å²) in [6.07, 6.45) is -9.32. The molecule has 3 fully saturated rings. The topological polar surface area (TPSA) is 94.1 Å². The summed E-state index contributed by atoms with van der Waals surface area (Å²) < 4.78 is 97.9. The van der Waals surface area contributed by atoms with Gasteiger partial charge in [0.2, 0.25) is 5.95 Å². The van der Waals surface area contributed by atoms with Crippen LogP contribution in [0.25, 0.3) is 11.1 Å². The van der Waals surface area contributed by atoms with Gasteiger partial charge in [-0.25, -0.2) is 14.8 Å². The van der Waals surface area contributed by atoms with Gasteiger partial charge in [-0.2, -0.15) is 26.3 Å². The molecule has 0 spiro atoms. The lowest BCUT2D eigenvalue weighted by atomic mass is 9.96. The SMILES string of the molecule is CCOC(=O)C1CC1c1ccc(OC)c(-c2cnc(N3CCC3)nc2CN2C(=O)O[C@H](c3cc(C(F)(F)F)cc(C(F)(F)F)c3)[C@@H]2C)c1. The zero-order valence-corrected chi connectivity index (χ0v) is 26.2. The van der Waals surface area contributed by atoms with Crippen molar-refractivity contribution >= 4 is 18.0 Å². The molecule has 1 aliphatic carbocycles. The zero-order valence-electron chi connectivity index (χ0n) is 26.2. The van der Waals surface area contributed by atoms with E-state index in [-0.39, 0.29) is 37.0 Å². The number of nitrogens with zero attached hydrogens (tertiary/aromatic N) is 4. The minimum absolute atomic E-state index is 0.0330. The molecule has 2 saturated heterocycles. The number of hydrogen-bond acceptors (Lipinski definition) is 8. The van der Waals surface area contributed by atoms with Crippen molar-refractivity contribution in [2.75, 3.05) is 31.7 Å². The second-order valence-electron chi connectivity index (χ2n) is 12.0. The number of rotatable bonds is 9. The Hall–Kier alpha value is -4.56. The molecular formula is C33H32F6N4O5. The largest absolute Gasteiger partial charge is 0.496 e. The maximum absolute atomic E-state index is 13.6. The van der Waals surface area contributed by atoms with E-state index in [4.69, 9.17) is 19.2 Å². The van der Waals surface area contributed by atoms with Crippen molar-refractivity contribution in [2.24, 2.45) is 5.92 Å². The number of benzene rings is 2. The van der Waals surface area contributed by atoms with Gasteiger partial charge in [0.1, 0.15) is 11.9 Å². The van der Waals surface area contributed by atoms with Crippen LogP contribution in [-0.4, -0.2) is 59.8 Å². The molecule has 2 aromatic carbocycles. The van der Waals surface area contributed by atoms with Crippen molar-refractivity contribution in [3.63, 3.8) is 0 Å². The maximum Gasteiger partial charge on any atom is 0.416 e. The van der Waals surface area contributed by atoms with Crippen LogP contribution in [0.2, 0.25) is 0 Å². The monoisotopic (exact) mass is 678 g/mol. The van der Waals surface area contributed by atoms with Gasteiger partial charge in [0.05, 0.1) is 49.0 Å². The molecule has 1 amide bonds. The molecule has 2 aliphatic heterocycles. The van der Waals surface area contributed by atoms with E-state index in [9.17, 15) is 35.9 Å². The van der Waals surface area contributed by atoms with Crippen LogP contribution in [-0.2, 0) is 33.2 Å². The van der Waals surface area contributed by atoms with Crippen LogP contribution < -0.4 is 9.64 Å². The first kappa shape index (κ1) is 33.3. The quantitative estimate of drug-likeness (QED) is 0.174. The normalized spacial score (nSPS) is 22.3. The minimum atomic E-state index is -5.06. The Morgan fingerprint density at radius 2 is 1.69 bits per heavy atom. The van der Waals surface area contributed by atoms with Crippen LogP contribution in [0.5, 0.6) is 5.75 Å². The highest BCUT2D eigenvalue weighted by Gasteiger charge is 2.46. The third kappa shape index (κ3) is 6.46. The number of aromatic nitrogens is 2. The number of carbonyl (C=O) groups excluding carboxylic acids is 2. The lowest BCUT2D eigenvalue weighted by Crippen LogP contribution is -2.39. The molecule has 3 aliphatic rings. The third-order valence-corrected chi connectivity index (χ3v) is 8.97. The van der Waals surface area contributed by atoms with Crippen LogP contribution in [0, 0.1) is 5.92 Å². The number of methoxy groups -OCH3 is 1. The van der Waals surface area contributed by atoms with E-state index < -0.39 is 47.3 Å². The second kappa shape index (κ2) is 12.5. The Labute approximate surface area is 271 Å². The van der Waals surface area contributed by atoms with E-state index in [1.165, 1.54) is 18.9 Å². The average molecular weight is 679 g/mol. The summed E-state index contributed by atoms with van der Waals surface area (Å²) in [6, 6.07) is 5.69. The Morgan fingerprint density at radius 3 is 2.27 bits per heavy atom. The number of halogens is 6. The highest BCUT2D eigenvalue weighted by Crippen LogP contribution is 2.50. The molecule has 2 unspecified atom stereocenters. The van der Waals surface area contributed by atoms with Crippen molar-refractivity contribution < 1.29 is 50.1 Å². The number of anilines is 1. The predicted molar refractivity (Wildman–Crippen MR) is 159 cm³/mol. The molecule has 256 valence electrons. The number of alkyl halides is 6. The first-order chi connectivity index (χ1) is 22.7. The summed E-state index contributed by atoms with van der Waals surface area (Å²) in [5.41, 5.74) is -1.13. The van der Waals surface area contributed by atoms with Gasteiger partial charge in [-0.15, -0.1) is 0 Å². The van der Waals surface area contributed by atoms with Crippen molar-refractivity contribution in [2.45, 2.75) is 63.7 Å². The van der Waals surface area contributed by atoms with Crippen molar-refractivity contribution in [1.82, 2.24) is 14.9 Å². The van der Waals surface area contributed by atoms with Crippen LogP contribution in [0.3, 0.4) is 0 Å². The summed E-state index contributed by atoms with van der Waals surface area (Å²) >= 11 is 0. The Morgan fingerprint density at radius 1 is 1.00 bits per heavy atom. The summed E-state index contributed by atoms with van der Waals surface area (Å²) in [6.45, 7) is 4.75. The van der Waals surface area contributed by atoms with E-state index in [2.05, 4.69) is 4.98 Å². The first-order valence-electron chi connectivity index (χ1n) is 15.4. The maximum atomic E-state index is 13.6. The molecule has 3 aromatic rings. The van der Waals surface area contributed by atoms with E-state index >= 15 is 0 Å². The van der Waals surface area contributed by atoms with Crippen LogP contribution in [0.4, 0.5) is 37.1 Å². The number of ether oxygens (including phenoxy) is 3. The van der Waals surface area contributed by atoms with Gasteiger partial charge in [-0.3, -0.25) is 9.69 Å². The zero-order chi connectivity index (χ0) is 34.5. The summed E-state index contributed by atoms with van der Waals surface area (Å²) in [5.74, 6) is 0.252. The van der Waals surface area contributed by atoms with Gasteiger partial charge >= 0.3 is 24.4 Å². The lowest BCUT2D eigenvalue weighted by Gasteiger charge is -2.31. The van der Waals surface area contributed by atoms with E-state index in [1.54, 1.807) is 19.2 Å². The smallest absolute Gasteiger partial charge is 0.416 e. The standard InChI is InChI=1S/C33H32F6N4O5/c1-4-47-29(44)24-14-22(24)18-6-7-27(46-3)23(12-18)25-15-40-30(42-8-5-9-42)41-26(25)16-43-17(2)28(48-31(43)45)19-10-20(32(34,35)36)13-21(11-19)33(37,38)39/h6-7,10-13,15,17,22,24,28H,4-5,8-9,14,16H2,1-3H3/t17-,22?,24?,28-/m0/s1. The van der Waals surface area contributed by atoms with Gasteiger partial charge in [-0.1, -0.05) is 6.07 Å². The van der Waals surface area contributed by atoms with Gasteiger partial charge in [0.25, 0.3) is 0 Å². The molecule has 0 bridgehead atoms. The number of hydrogen-bond donors (Lipinski definition) is 0. The highest BCUT2D eigenvalue weighted by molar-refractivity contribution is 5.79. The molecule has 1 aromatic heterocycles. The molecule has 0 N–H and O–H groups in total. The van der Waals surface area contributed by atoms with Gasteiger partial charge in [-0.05, 0) is 74.1 Å². The van der Waals surface area contributed by atoms with Gasteiger partial charge < -0.3 is 19.1 Å². The highest BCUT2D eigenvalue weighted by atomic mass is 19.4. The van der Waals surface area contributed by atoms with Crippen LogP contribution in [0.1, 0.15) is 66.7 Å². The van der Waals surface area contributed by atoms with Crippen molar-refractivity contribution in [1.29, 1.82) is 0 Å². The molecule has 0 radical (unpaired) electrons. The van der Waals surface area contributed by atoms with E-state index in [1.807, 2.05) is 17.0 Å². The number of amides is 1. The fraction of sp³-hybridized carbons (Fsp3) is 0.455. The fourth-order valence-corrected chi connectivity index (χ4v) is 6.12. The minimum Gasteiger partial charge on any atom is -0.496 e. The Bertz CT molecular complexity index is 1700. The molecular weight excluding hydrogens is 646 g/mol. The lowest BCUT2D eigenvalue weighted by molar-refractivity contribution is -0.145. The number of carbonyl (C=O) groups is 2. The van der Waals surface area contributed by atoms with Crippen molar-refractivity contribution in [3.8, 4) is 16.9 Å². The molecule has 1 saturated carbocycles. The summed E-state index contributed by atoms with van der Waals surface area (Å²) in [4.78, 5) is 38.0. The number of esters is 1. The molecule has 15 heteroatoms. The van der Waals surface area contributed by atoms with E-state index in [0.29, 0.717) is 47.1 Å². The van der Waals surface area contributed by atoms with Crippen LogP contribution >= 0.6 is 0 Å². The molecule has 4 atom stereocenters. The second-order valence-corrected chi connectivity index (χ2v) is 12.0. The Kier molecular flexibility index (Phi) is 8.66. The molecule has 9 nitrogen and oxygen atoms in total. The van der Waals surface area contributed by atoms with Crippen molar-refractivity contribution in [3.05, 3.63) is 70.5 Å². The molecule has 6 rings (SSSR count). The average Bonchev–Trinajstić information content (AvgIpc) is 3.76. The first-order valence-corrected chi connectivity index (χ1v) is 15.4. The molecule has 48 heavy (non-hydrogen) atoms.